The number of hydrogen-bond donors (Lipinski definition) is 2. The van der Waals surface area contributed by atoms with E-state index < -0.39 is 0 Å². The van der Waals surface area contributed by atoms with Crippen LogP contribution < -0.4 is 15.4 Å². The molecule has 122 valence electrons. The van der Waals surface area contributed by atoms with E-state index in [1.54, 1.807) is 7.11 Å². The quantitative estimate of drug-likeness (QED) is 0.462. The van der Waals surface area contributed by atoms with Crippen molar-refractivity contribution in [1.82, 2.24) is 10.6 Å². The Kier molecular flexibility index (Phi) is 7.07. The van der Waals surface area contributed by atoms with E-state index in [2.05, 4.69) is 29.7 Å². The molecule has 0 radical (unpaired) electrons. The molecule has 0 spiro atoms. The molecule has 2 N–H and O–H groups in total. The van der Waals surface area contributed by atoms with Crippen LogP contribution in [0.25, 0.3) is 0 Å². The molecule has 4 heteroatoms. The molecule has 1 aliphatic carbocycles. The van der Waals surface area contributed by atoms with E-state index in [0.29, 0.717) is 6.04 Å². The van der Waals surface area contributed by atoms with Crippen molar-refractivity contribution in [2.24, 2.45) is 4.99 Å². The third kappa shape index (κ3) is 5.58. The molecule has 1 fully saturated rings. The smallest absolute Gasteiger partial charge is 0.191 e. The fourth-order valence-corrected chi connectivity index (χ4v) is 2.85. The Balaban J connectivity index is 1.74. The van der Waals surface area contributed by atoms with Crippen molar-refractivity contribution < 1.29 is 4.74 Å². The first-order valence-electron chi connectivity index (χ1n) is 8.49. The van der Waals surface area contributed by atoms with Crippen molar-refractivity contribution in [2.75, 3.05) is 20.2 Å². The van der Waals surface area contributed by atoms with Crippen molar-refractivity contribution in [3.63, 3.8) is 0 Å². The van der Waals surface area contributed by atoms with Gasteiger partial charge in [-0.1, -0.05) is 25.0 Å². The molecule has 1 aromatic rings. The predicted octanol–water partition coefficient (Wildman–Crippen LogP) is 3.13. The van der Waals surface area contributed by atoms with Gasteiger partial charge in [-0.15, -0.1) is 0 Å². The number of hydrogen-bond acceptors (Lipinski definition) is 2. The lowest BCUT2D eigenvalue weighted by molar-refractivity contribution is 0.414. The van der Waals surface area contributed by atoms with E-state index in [1.165, 1.54) is 31.2 Å². The van der Waals surface area contributed by atoms with Crippen molar-refractivity contribution in [3.8, 4) is 5.75 Å². The SMILES string of the molecule is CCNC(=NCCCc1ccc(OC)cc1)NC1CCCC1. The van der Waals surface area contributed by atoms with Crippen LogP contribution in [0, 0.1) is 0 Å². The van der Waals surface area contributed by atoms with Gasteiger partial charge < -0.3 is 15.4 Å². The monoisotopic (exact) mass is 303 g/mol. The van der Waals surface area contributed by atoms with Crippen molar-refractivity contribution >= 4 is 5.96 Å². The van der Waals surface area contributed by atoms with Crippen LogP contribution in [0.5, 0.6) is 5.75 Å². The molecule has 0 unspecified atom stereocenters. The number of guanidine groups is 1. The van der Waals surface area contributed by atoms with Crippen molar-refractivity contribution in [2.45, 2.75) is 51.5 Å². The maximum atomic E-state index is 5.18. The highest BCUT2D eigenvalue weighted by Crippen LogP contribution is 2.17. The summed E-state index contributed by atoms with van der Waals surface area (Å²) in [7, 11) is 1.70. The van der Waals surface area contributed by atoms with Crippen LogP contribution in [0.1, 0.15) is 44.6 Å². The molecule has 0 aromatic heterocycles. The van der Waals surface area contributed by atoms with Gasteiger partial charge in [-0.2, -0.15) is 0 Å². The zero-order valence-electron chi connectivity index (χ0n) is 13.9. The number of benzene rings is 1. The Bertz CT molecular complexity index is 450. The van der Waals surface area contributed by atoms with Crippen molar-refractivity contribution in [3.05, 3.63) is 29.8 Å². The summed E-state index contributed by atoms with van der Waals surface area (Å²) in [5, 5.41) is 6.90. The molecule has 0 atom stereocenters. The Hall–Kier alpha value is -1.71. The summed E-state index contributed by atoms with van der Waals surface area (Å²) in [5.41, 5.74) is 1.34. The topological polar surface area (TPSA) is 45.7 Å². The molecule has 1 saturated carbocycles. The van der Waals surface area contributed by atoms with Crippen LogP contribution in [0.15, 0.2) is 29.3 Å². The van der Waals surface area contributed by atoms with Crippen LogP contribution >= 0.6 is 0 Å². The van der Waals surface area contributed by atoms with Gasteiger partial charge in [0.25, 0.3) is 0 Å². The van der Waals surface area contributed by atoms with E-state index in [0.717, 1.165) is 37.6 Å². The fourth-order valence-electron chi connectivity index (χ4n) is 2.85. The average molecular weight is 303 g/mol. The Morgan fingerprint density at radius 3 is 2.59 bits per heavy atom. The number of ether oxygens (including phenoxy) is 1. The van der Waals surface area contributed by atoms with Crippen LogP contribution in [0.4, 0.5) is 0 Å². The van der Waals surface area contributed by atoms with Crippen LogP contribution in [0.3, 0.4) is 0 Å². The highest BCUT2D eigenvalue weighted by molar-refractivity contribution is 5.80. The minimum absolute atomic E-state index is 0.611. The van der Waals surface area contributed by atoms with Crippen LogP contribution in [0.2, 0.25) is 0 Å². The van der Waals surface area contributed by atoms with Gasteiger partial charge in [0.2, 0.25) is 0 Å². The molecule has 0 bridgehead atoms. The normalized spacial score (nSPS) is 15.8. The first kappa shape index (κ1) is 16.7. The van der Waals surface area contributed by atoms with Gasteiger partial charge >= 0.3 is 0 Å². The summed E-state index contributed by atoms with van der Waals surface area (Å²) in [5.74, 6) is 1.89. The number of rotatable bonds is 7. The first-order chi connectivity index (χ1) is 10.8. The second-order valence-corrected chi connectivity index (χ2v) is 5.84. The highest BCUT2D eigenvalue weighted by atomic mass is 16.5. The van der Waals surface area contributed by atoms with Crippen molar-refractivity contribution in [1.29, 1.82) is 0 Å². The van der Waals surface area contributed by atoms with Gasteiger partial charge in [0.05, 0.1) is 7.11 Å². The summed E-state index contributed by atoms with van der Waals surface area (Å²) in [6, 6.07) is 8.91. The maximum absolute atomic E-state index is 5.18. The maximum Gasteiger partial charge on any atom is 0.191 e. The molecule has 1 aromatic carbocycles. The third-order valence-corrected chi connectivity index (χ3v) is 4.09. The van der Waals surface area contributed by atoms with E-state index in [4.69, 9.17) is 9.73 Å². The second kappa shape index (κ2) is 9.34. The Morgan fingerprint density at radius 2 is 1.95 bits per heavy atom. The van der Waals surface area contributed by atoms with Gasteiger partial charge in [0.1, 0.15) is 5.75 Å². The van der Waals surface area contributed by atoms with Gasteiger partial charge in [-0.3, -0.25) is 4.99 Å². The Morgan fingerprint density at radius 1 is 1.23 bits per heavy atom. The standard InChI is InChI=1S/C18H29N3O/c1-3-19-18(21-16-8-4-5-9-16)20-14-6-7-15-10-12-17(22-2)13-11-15/h10-13,16H,3-9,14H2,1-2H3,(H2,19,20,21). The van der Waals surface area contributed by atoms with E-state index >= 15 is 0 Å². The molecule has 2 rings (SSSR count). The van der Waals surface area contributed by atoms with Gasteiger partial charge in [-0.05, 0) is 50.3 Å². The molecule has 0 amide bonds. The fraction of sp³-hybridized carbons (Fsp3) is 0.611. The highest BCUT2D eigenvalue weighted by Gasteiger charge is 2.15. The largest absolute Gasteiger partial charge is 0.497 e. The number of methoxy groups -OCH3 is 1. The summed E-state index contributed by atoms with van der Waals surface area (Å²) in [6.45, 7) is 3.88. The zero-order valence-corrected chi connectivity index (χ0v) is 13.9. The molecular weight excluding hydrogens is 274 g/mol. The van der Waals surface area contributed by atoms with Crippen LogP contribution in [-0.2, 0) is 6.42 Å². The summed E-state index contributed by atoms with van der Waals surface area (Å²) in [6.07, 6.45) is 7.35. The van der Waals surface area contributed by atoms with Crippen LogP contribution in [-0.4, -0.2) is 32.2 Å². The zero-order chi connectivity index (χ0) is 15.6. The van der Waals surface area contributed by atoms with Gasteiger partial charge in [-0.25, -0.2) is 0 Å². The average Bonchev–Trinajstić information content (AvgIpc) is 3.05. The lowest BCUT2D eigenvalue weighted by Crippen LogP contribution is -2.42. The third-order valence-electron chi connectivity index (χ3n) is 4.09. The summed E-state index contributed by atoms with van der Waals surface area (Å²) in [4.78, 5) is 4.70. The molecule has 4 nitrogen and oxygen atoms in total. The number of aryl methyl sites for hydroxylation is 1. The second-order valence-electron chi connectivity index (χ2n) is 5.84. The molecular formula is C18H29N3O. The molecule has 0 heterocycles. The van der Waals surface area contributed by atoms with Gasteiger partial charge in [0, 0.05) is 19.1 Å². The number of nitrogens with zero attached hydrogens (tertiary/aromatic N) is 1. The number of aliphatic imine (C=N–C) groups is 1. The molecule has 1 aliphatic rings. The summed E-state index contributed by atoms with van der Waals surface area (Å²) >= 11 is 0. The predicted molar refractivity (Wildman–Crippen MR) is 92.7 cm³/mol. The Labute approximate surface area is 134 Å². The van der Waals surface area contributed by atoms with E-state index in [-0.39, 0.29) is 0 Å². The minimum Gasteiger partial charge on any atom is -0.497 e. The summed E-state index contributed by atoms with van der Waals surface area (Å²) < 4.78 is 5.18. The first-order valence-corrected chi connectivity index (χ1v) is 8.49. The molecule has 0 saturated heterocycles. The van der Waals surface area contributed by atoms with E-state index in [1.807, 2.05) is 12.1 Å². The van der Waals surface area contributed by atoms with E-state index in [9.17, 15) is 0 Å². The lowest BCUT2D eigenvalue weighted by Gasteiger charge is -2.16. The molecule has 22 heavy (non-hydrogen) atoms. The van der Waals surface area contributed by atoms with Gasteiger partial charge in [0.15, 0.2) is 5.96 Å². The minimum atomic E-state index is 0.611. The lowest BCUT2D eigenvalue weighted by atomic mass is 10.1. The molecule has 0 aliphatic heterocycles. The number of nitrogens with one attached hydrogen (secondary N) is 2.